The highest BCUT2D eigenvalue weighted by atomic mass is 32.2. The summed E-state index contributed by atoms with van der Waals surface area (Å²) in [6.45, 7) is 6.71. The summed E-state index contributed by atoms with van der Waals surface area (Å²) in [5.41, 5.74) is -3.73. The molecule has 0 amide bonds. The molecule has 10 atom stereocenters. The number of halogens is 2. The lowest BCUT2D eigenvalue weighted by atomic mass is 9.44. The van der Waals surface area contributed by atoms with Gasteiger partial charge in [0.15, 0.2) is 29.1 Å². The van der Waals surface area contributed by atoms with Gasteiger partial charge in [-0.15, -0.1) is 11.8 Å². The van der Waals surface area contributed by atoms with E-state index in [2.05, 4.69) is 43.4 Å². The number of allylic oxidation sites excluding steroid dienone is 4. The van der Waals surface area contributed by atoms with E-state index in [0.717, 1.165) is 28.0 Å². The number of nitrogens with one attached hydrogen (secondary N) is 1. The van der Waals surface area contributed by atoms with Crippen LogP contribution in [0.1, 0.15) is 64.4 Å². The van der Waals surface area contributed by atoms with Crippen molar-refractivity contribution in [1.82, 2.24) is 0 Å². The molecule has 3 saturated carbocycles. The van der Waals surface area contributed by atoms with Gasteiger partial charge in [-0.1, -0.05) is 37.3 Å². The van der Waals surface area contributed by atoms with Crippen molar-refractivity contribution in [2.24, 2.45) is 22.7 Å². The molecule has 2 aromatic rings. The van der Waals surface area contributed by atoms with E-state index in [1.54, 1.807) is 25.6 Å². The maximum Gasteiger partial charge on any atom is 0.193 e. The van der Waals surface area contributed by atoms with Crippen LogP contribution in [0.15, 0.2) is 77.2 Å². The molecule has 0 bridgehead atoms. The Balaban J connectivity index is 1.12. The molecule has 2 aromatic carbocycles. The summed E-state index contributed by atoms with van der Waals surface area (Å²) in [5.74, 6) is -1.83. The molecule has 4 fully saturated rings. The van der Waals surface area contributed by atoms with Crippen LogP contribution in [0.2, 0.25) is 0 Å². The molecule has 0 aromatic heterocycles. The number of benzene rings is 2. The second-order valence-corrected chi connectivity index (χ2v) is 15.9. The number of thioether (sulfide) groups is 1. The number of rotatable bonds is 8. The Morgan fingerprint density at radius 1 is 1.08 bits per heavy atom. The maximum atomic E-state index is 17.6. The first kappa shape index (κ1) is 33.6. The molecule has 256 valence electrons. The van der Waals surface area contributed by atoms with E-state index in [4.69, 9.17) is 9.47 Å². The van der Waals surface area contributed by atoms with Gasteiger partial charge in [-0.25, -0.2) is 8.78 Å². The Bertz CT molecular complexity index is 1660. The molecule has 0 spiro atoms. The quantitative estimate of drug-likeness (QED) is 0.274. The summed E-state index contributed by atoms with van der Waals surface area (Å²) < 4.78 is 46.5. The van der Waals surface area contributed by atoms with Crippen LogP contribution in [0.25, 0.3) is 0 Å². The fraction of sp³-hybridized carbons (Fsp3) is 0.526. The summed E-state index contributed by atoms with van der Waals surface area (Å²) in [6.07, 6.45) is -1.34. The SMILES string of the molecule is CC(C)Nc1ccc(SCc2ccc([C@@H]3O[C@@H]4C[C@H]5[C@@H]6C[C@H](F)C7=CC(=O)C=C[C@]7(C)[C@@]6(F)[C@@H](O)C[C@]5(C)[C@]4(C(=O)CO)O3)cc2)cc1. The molecule has 1 heterocycles. The van der Waals surface area contributed by atoms with Gasteiger partial charge in [0.1, 0.15) is 12.8 Å². The number of alkyl halides is 2. The highest BCUT2D eigenvalue weighted by Crippen LogP contribution is 2.72. The summed E-state index contributed by atoms with van der Waals surface area (Å²) in [7, 11) is 0. The van der Waals surface area contributed by atoms with Crippen molar-refractivity contribution in [3.05, 3.63) is 83.5 Å². The average molecular weight is 680 g/mol. The van der Waals surface area contributed by atoms with Gasteiger partial charge in [-0.2, -0.15) is 0 Å². The van der Waals surface area contributed by atoms with E-state index in [1.165, 1.54) is 12.2 Å². The number of hydrogen-bond donors (Lipinski definition) is 3. The standard InChI is InChI=1S/C38H43F2NO6S/c1-21(2)41-24-9-11-26(12-10-24)48-20-22-5-7-23(8-6-22)34-46-33-17-27-28-16-30(39)29-15-25(43)13-14-35(29,3)37(28,40)31(44)18-36(27,4)38(33,47-34)32(45)19-42/h5-15,21,27-28,30-31,33-34,41-42,44H,16-20H2,1-4H3/t27-,28-,30-,31-,33+,34+,35-,36-,37-,38+/m0/s1. The normalized spacial score (nSPS) is 39.8. The predicted molar refractivity (Wildman–Crippen MR) is 179 cm³/mol. The Labute approximate surface area is 284 Å². The molecule has 10 heteroatoms. The van der Waals surface area contributed by atoms with Crippen molar-refractivity contribution < 1.29 is 38.1 Å². The fourth-order valence-corrected chi connectivity index (χ4v) is 10.5. The van der Waals surface area contributed by atoms with Crippen LogP contribution < -0.4 is 5.32 Å². The Kier molecular flexibility index (Phi) is 8.31. The second-order valence-electron chi connectivity index (χ2n) is 14.8. The third-order valence-electron chi connectivity index (χ3n) is 11.9. The predicted octanol–water partition coefficient (Wildman–Crippen LogP) is 6.44. The number of hydrogen-bond acceptors (Lipinski definition) is 8. The van der Waals surface area contributed by atoms with Crippen molar-refractivity contribution in [1.29, 1.82) is 0 Å². The van der Waals surface area contributed by atoms with Crippen LogP contribution in [-0.4, -0.2) is 64.1 Å². The van der Waals surface area contributed by atoms with E-state index in [0.29, 0.717) is 11.6 Å². The molecule has 0 unspecified atom stereocenters. The maximum absolute atomic E-state index is 17.6. The minimum absolute atomic E-state index is 0.0435. The van der Waals surface area contributed by atoms with Gasteiger partial charge in [-0.05, 0) is 93.5 Å². The largest absolute Gasteiger partial charge is 0.390 e. The fourth-order valence-electron chi connectivity index (χ4n) is 9.63. The van der Waals surface area contributed by atoms with Gasteiger partial charge >= 0.3 is 0 Å². The van der Waals surface area contributed by atoms with Gasteiger partial charge in [0, 0.05) is 44.7 Å². The number of fused-ring (bicyclic) bond motifs is 7. The van der Waals surface area contributed by atoms with Crippen molar-refractivity contribution in [3.8, 4) is 0 Å². The summed E-state index contributed by atoms with van der Waals surface area (Å²) in [4.78, 5) is 27.1. The number of aliphatic hydroxyl groups is 2. The number of anilines is 1. The monoisotopic (exact) mass is 679 g/mol. The van der Waals surface area contributed by atoms with Crippen LogP contribution >= 0.6 is 11.8 Å². The van der Waals surface area contributed by atoms with Gasteiger partial charge < -0.3 is 25.0 Å². The first-order chi connectivity index (χ1) is 22.8. The van der Waals surface area contributed by atoms with Gasteiger partial charge in [0.2, 0.25) is 0 Å². The topological polar surface area (TPSA) is 105 Å². The lowest BCUT2D eigenvalue weighted by molar-refractivity contribution is -0.235. The van der Waals surface area contributed by atoms with Crippen molar-refractivity contribution >= 4 is 29.0 Å². The van der Waals surface area contributed by atoms with Gasteiger partial charge in [0.25, 0.3) is 0 Å². The van der Waals surface area contributed by atoms with E-state index in [-0.39, 0.29) is 24.8 Å². The molecule has 1 saturated heterocycles. The van der Waals surface area contributed by atoms with E-state index in [9.17, 15) is 19.8 Å². The van der Waals surface area contributed by atoms with Crippen LogP contribution in [0, 0.1) is 22.7 Å². The zero-order chi connectivity index (χ0) is 34.2. The smallest absolute Gasteiger partial charge is 0.193 e. The number of ketones is 2. The minimum Gasteiger partial charge on any atom is -0.390 e. The van der Waals surface area contributed by atoms with E-state index >= 15 is 8.78 Å². The molecule has 1 aliphatic heterocycles. The molecule has 0 radical (unpaired) electrons. The Hall–Kier alpha value is -2.89. The zero-order valence-electron chi connectivity index (χ0n) is 27.6. The third-order valence-corrected chi connectivity index (χ3v) is 13.0. The first-order valence-electron chi connectivity index (χ1n) is 16.8. The first-order valence-corrected chi connectivity index (χ1v) is 17.8. The molecule has 3 N–H and O–H groups in total. The lowest BCUT2D eigenvalue weighted by Crippen LogP contribution is -2.70. The second kappa shape index (κ2) is 11.9. The van der Waals surface area contributed by atoms with Crippen LogP contribution in [-0.2, 0) is 24.8 Å². The number of ether oxygens (including phenoxy) is 2. The van der Waals surface area contributed by atoms with Gasteiger partial charge in [0.05, 0.1) is 12.2 Å². The Morgan fingerprint density at radius 2 is 1.79 bits per heavy atom. The summed E-state index contributed by atoms with van der Waals surface area (Å²) in [5, 5.41) is 25.3. The van der Waals surface area contributed by atoms with Crippen molar-refractivity contribution in [3.63, 3.8) is 0 Å². The summed E-state index contributed by atoms with van der Waals surface area (Å²) in [6, 6.07) is 16.5. The molecule has 5 aliphatic rings. The molecule has 4 aliphatic carbocycles. The summed E-state index contributed by atoms with van der Waals surface area (Å²) >= 11 is 1.72. The minimum atomic E-state index is -2.29. The van der Waals surface area contributed by atoms with E-state index < -0.39 is 76.8 Å². The molecular weight excluding hydrogens is 636 g/mol. The Morgan fingerprint density at radius 3 is 2.46 bits per heavy atom. The number of carbonyl (C=O) groups is 2. The van der Waals surface area contributed by atoms with Crippen LogP contribution in [0.3, 0.4) is 0 Å². The highest BCUT2D eigenvalue weighted by Gasteiger charge is 2.80. The highest BCUT2D eigenvalue weighted by molar-refractivity contribution is 7.98. The van der Waals surface area contributed by atoms with Gasteiger partial charge in [-0.3, -0.25) is 9.59 Å². The molecule has 7 nitrogen and oxygen atoms in total. The van der Waals surface area contributed by atoms with Crippen LogP contribution in [0.4, 0.5) is 14.5 Å². The number of carbonyl (C=O) groups excluding carboxylic acids is 2. The van der Waals surface area contributed by atoms with Crippen LogP contribution in [0.5, 0.6) is 0 Å². The van der Waals surface area contributed by atoms with E-state index in [1.807, 2.05) is 24.3 Å². The molecular formula is C38H43F2NO6S. The molecule has 48 heavy (non-hydrogen) atoms. The third kappa shape index (κ3) is 4.81. The average Bonchev–Trinajstić information content (AvgIpc) is 3.56. The lowest BCUT2D eigenvalue weighted by Gasteiger charge is -2.63. The number of Topliss-reactive ketones (excluding diaryl/α,β-unsaturated/α-hetero) is 1. The zero-order valence-corrected chi connectivity index (χ0v) is 28.4. The molecule has 7 rings (SSSR count). The number of aliphatic hydroxyl groups excluding tert-OH is 2. The van der Waals surface area contributed by atoms with Crippen molar-refractivity contribution in [2.75, 3.05) is 11.9 Å². The van der Waals surface area contributed by atoms with Crippen molar-refractivity contribution in [2.45, 2.75) is 99.6 Å².